The van der Waals surface area contributed by atoms with Gasteiger partial charge in [-0.1, -0.05) is 41.9 Å². The summed E-state index contributed by atoms with van der Waals surface area (Å²) in [5.41, 5.74) is 3.75. The van der Waals surface area contributed by atoms with Gasteiger partial charge < -0.3 is 10.4 Å². The average Bonchev–Trinajstić information content (AvgIpc) is 2.56. The van der Waals surface area contributed by atoms with Crippen molar-refractivity contribution in [1.82, 2.24) is 4.98 Å². The van der Waals surface area contributed by atoms with Gasteiger partial charge in [-0.15, -0.1) is 0 Å². The van der Waals surface area contributed by atoms with Gasteiger partial charge >= 0.3 is 0 Å². The zero-order chi connectivity index (χ0) is 16.9. The van der Waals surface area contributed by atoms with Crippen LogP contribution in [0, 0.1) is 0 Å². The topological polar surface area (TPSA) is 62.2 Å². The summed E-state index contributed by atoms with van der Waals surface area (Å²) in [6.45, 7) is 0. The third-order valence-electron chi connectivity index (χ3n) is 3.51. The van der Waals surface area contributed by atoms with E-state index in [9.17, 15) is 9.90 Å². The van der Waals surface area contributed by atoms with Crippen molar-refractivity contribution in [3.8, 4) is 5.75 Å². The number of aromatic nitrogens is 1. The van der Waals surface area contributed by atoms with Gasteiger partial charge in [-0.2, -0.15) is 0 Å². The zero-order valence-corrected chi connectivity index (χ0v) is 13.5. The average molecular weight is 339 g/mol. The summed E-state index contributed by atoms with van der Waals surface area (Å²) in [5.74, 6) is -0.284. The summed E-state index contributed by atoms with van der Waals surface area (Å²) in [5, 5.41) is 12.0. The second kappa shape index (κ2) is 7.15. The third kappa shape index (κ3) is 3.91. The van der Waals surface area contributed by atoms with Crippen LogP contribution < -0.4 is 5.32 Å². The molecule has 5 rings (SSSR count). The molecule has 1 heterocycles. The number of nitrogens with one attached hydrogen (secondary N) is 1. The normalized spacial score (nSPS) is 10.9. The lowest BCUT2D eigenvalue weighted by atomic mass is 9.94. The molecule has 0 saturated heterocycles. The molecule has 2 aromatic carbocycles. The Kier molecular flexibility index (Phi) is 4.77. The van der Waals surface area contributed by atoms with Gasteiger partial charge in [0.25, 0.3) is 5.91 Å². The molecule has 0 aliphatic heterocycles. The van der Waals surface area contributed by atoms with Crippen LogP contribution in [0.15, 0.2) is 66.9 Å². The Morgan fingerprint density at radius 1 is 1.04 bits per heavy atom. The predicted molar refractivity (Wildman–Crippen MR) is 94.6 cm³/mol. The maximum atomic E-state index is 11.8. The van der Waals surface area contributed by atoms with Crippen molar-refractivity contribution >= 4 is 23.2 Å². The monoisotopic (exact) mass is 338 g/mol. The van der Waals surface area contributed by atoms with Crippen LogP contribution in [0.2, 0.25) is 5.15 Å². The van der Waals surface area contributed by atoms with E-state index in [0.717, 1.165) is 0 Å². The molecule has 0 unspecified atom stereocenters. The minimum atomic E-state index is -0.367. The lowest BCUT2D eigenvalue weighted by Gasteiger charge is -2.11. The molecule has 1 amide bonds. The van der Waals surface area contributed by atoms with E-state index in [-0.39, 0.29) is 22.4 Å². The Hall–Kier alpha value is -2.85. The van der Waals surface area contributed by atoms with E-state index in [4.69, 9.17) is 11.6 Å². The number of rotatable bonds is 2. The van der Waals surface area contributed by atoms with Crippen molar-refractivity contribution in [1.29, 1.82) is 0 Å². The molecule has 2 aliphatic carbocycles. The fourth-order valence-corrected chi connectivity index (χ4v) is 2.50. The molecular weight excluding hydrogens is 324 g/mol. The van der Waals surface area contributed by atoms with Gasteiger partial charge in [0.15, 0.2) is 0 Å². The smallest absolute Gasteiger partial charge is 0.258 e. The Labute approximate surface area is 144 Å². The van der Waals surface area contributed by atoms with Crippen LogP contribution in [0.25, 0.3) is 0 Å². The Morgan fingerprint density at radius 3 is 2.29 bits per heavy atom. The number of anilines is 1. The van der Waals surface area contributed by atoms with Crippen LogP contribution in [0.5, 0.6) is 5.75 Å². The number of carbonyl (C=O) groups excluding carboxylic acids is 1. The van der Waals surface area contributed by atoms with Crippen molar-refractivity contribution in [2.45, 2.75) is 6.42 Å². The number of hydrogen-bond acceptors (Lipinski definition) is 3. The second-order valence-electron chi connectivity index (χ2n) is 5.34. The van der Waals surface area contributed by atoms with E-state index in [1.807, 2.05) is 0 Å². The minimum Gasteiger partial charge on any atom is -0.508 e. The van der Waals surface area contributed by atoms with E-state index in [1.165, 1.54) is 35.9 Å². The lowest BCUT2D eigenvalue weighted by Crippen LogP contribution is -2.12. The minimum absolute atomic E-state index is 0.0834. The quantitative estimate of drug-likeness (QED) is 0.536. The van der Waals surface area contributed by atoms with Crippen molar-refractivity contribution < 1.29 is 9.90 Å². The second-order valence-corrected chi connectivity index (χ2v) is 5.70. The fourth-order valence-electron chi connectivity index (χ4n) is 2.29. The molecule has 5 heteroatoms. The van der Waals surface area contributed by atoms with E-state index in [0.29, 0.717) is 5.69 Å². The van der Waals surface area contributed by atoms with Gasteiger partial charge in [-0.3, -0.25) is 4.79 Å². The highest BCUT2D eigenvalue weighted by molar-refractivity contribution is 6.33. The van der Waals surface area contributed by atoms with Gasteiger partial charge in [-0.25, -0.2) is 4.98 Å². The number of amides is 1. The Morgan fingerprint density at radius 2 is 1.75 bits per heavy atom. The highest BCUT2D eigenvalue weighted by Gasteiger charge is 2.10. The number of benzene rings is 2. The van der Waals surface area contributed by atoms with Gasteiger partial charge in [-0.05, 0) is 41.8 Å². The van der Waals surface area contributed by atoms with E-state index in [1.54, 1.807) is 24.3 Å². The highest BCUT2D eigenvalue weighted by Crippen LogP contribution is 2.19. The SMILES string of the molecule is O=C(Nc1cccc(O)c1)c1cccnc1Cl.c1cc2cc(c1)C2. The number of hydrogen-bond donors (Lipinski definition) is 2. The van der Waals surface area contributed by atoms with Gasteiger partial charge in [0.1, 0.15) is 10.9 Å². The summed E-state index contributed by atoms with van der Waals surface area (Å²) in [6, 6.07) is 18.1. The first-order valence-electron chi connectivity index (χ1n) is 7.40. The van der Waals surface area contributed by atoms with Crippen LogP contribution in [-0.2, 0) is 6.42 Å². The molecule has 0 radical (unpaired) electrons. The molecule has 2 N–H and O–H groups in total. The number of nitrogens with zero attached hydrogens (tertiary/aromatic N) is 1. The fraction of sp³-hybridized carbons (Fsp3) is 0.0526. The standard InChI is InChI=1S/C12H9ClN2O2.C7H6/c13-11-10(5-2-6-14-11)12(17)15-8-3-1-4-9(16)7-8;1-2-6-4-7(3-1)5-6/h1-7,16H,(H,15,17);1-4H,5H2. The number of aromatic hydroxyl groups is 1. The van der Waals surface area contributed by atoms with Crippen LogP contribution in [-0.4, -0.2) is 16.0 Å². The first kappa shape index (κ1) is 16.0. The number of halogens is 1. The van der Waals surface area contributed by atoms with E-state index < -0.39 is 0 Å². The van der Waals surface area contributed by atoms with Crippen LogP contribution in [0.1, 0.15) is 21.5 Å². The number of phenols is 1. The van der Waals surface area contributed by atoms with Gasteiger partial charge in [0.2, 0.25) is 0 Å². The Balaban J connectivity index is 0.000000198. The molecule has 0 fully saturated rings. The van der Waals surface area contributed by atoms with Crippen LogP contribution in [0.4, 0.5) is 5.69 Å². The van der Waals surface area contributed by atoms with E-state index >= 15 is 0 Å². The van der Waals surface area contributed by atoms with Crippen molar-refractivity contribution in [3.63, 3.8) is 0 Å². The molecule has 2 aliphatic rings. The molecular formula is C19H15ClN2O2. The number of carbonyl (C=O) groups is 1. The first-order chi connectivity index (χ1) is 11.6. The Bertz CT molecular complexity index is 856. The van der Waals surface area contributed by atoms with Gasteiger partial charge in [0, 0.05) is 18.0 Å². The molecule has 3 aromatic rings. The number of pyridine rings is 1. The third-order valence-corrected chi connectivity index (χ3v) is 3.81. The summed E-state index contributed by atoms with van der Waals surface area (Å²) >= 11 is 5.80. The van der Waals surface area contributed by atoms with Crippen molar-refractivity contribution in [2.75, 3.05) is 5.32 Å². The van der Waals surface area contributed by atoms with E-state index in [2.05, 4.69) is 34.6 Å². The maximum Gasteiger partial charge on any atom is 0.258 e. The van der Waals surface area contributed by atoms with Crippen LogP contribution >= 0.6 is 11.6 Å². The zero-order valence-electron chi connectivity index (χ0n) is 12.7. The molecule has 0 spiro atoms. The number of phenolic OH excluding ortho intramolecular Hbond substituents is 1. The van der Waals surface area contributed by atoms with Crippen LogP contribution in [0.3, 0.4) is 0 Å². The molecule has 4 nitrogen and oxygen atoms in total. The highest BCUT2D eigenvalue weighted by atomic mass is 35.5. The molecule has 2 bridgehead atoms. The predicted octanol–water partition coefficient (Wildman–Crippen LogP) is 4.28. The van der Waals surface area contributed by atoms with Crippen molar-refractivity contribution in [2.24, 2.45) is 0 Å². The molecule has 120 valence electrons. The summed E-state index contributed by atoms with van der Waals surface area (Å²) < 4.78 is 0. The molecule has 1 aromatic heterocycles. The maximum absolute atomic E-state index is 11.8. The largest absolute Gasteiger partial charge is 0.508 e. The summed E-state index contributed by atoms with van der Waals surface area (Å²) in [7, 11) is 0. The lowest BCUT2D eigenvalue weighted by molar-refractivity contribution is 0.102. The molecule has 0 saturated carbocycles. The summed E-state index contributed by atoms with van der Waals surface area (Å²) in [6.07, 6.45) is 2.73. The number of fused-ring (bicyclic) bond motifs is 2. The summed E-state index contributed by atoms with van der Waals surface area (Å²) in [4.78, 5) is 15.6. The van der Waals surface area contributed by atoms with Gasteiger partial charge in [0.05, 0.1) is 5.56 Å². The molecule has 0 atom stereocenters. The molecule has 24 heavy (non-hydrogen) atoms. The van der Waals surface area contributed by atoms with Crippen molar-refractivity contribution in [3.05, 3.63) is 88.7 Å². The first-order valence-corrected chi connectivity index (χ1v) is 7.78.